The Balaban J connectivity index is 1.65. The summed E-state index contributed by atoms with van der Waals surface area (Å²) in [5.41, 5.74) is 1.08. The zero-order chi connectivity index (χ0) is 18.3. The van der Waals surface area contributed by atoms with Gasteiger partial charge in [-0.1, -0.05) is 42.4 Å². The van der Waals surface area contributed by atoms with Gasteiger partial charge in [0.15, 0.2) is 5.16 Å². The lowest BCUT2D eigenvalue weighted by molar-refractivity contribution is 0.0739. The highest BCUT2D eigenvalue weighted by atomic mass is 35.5. The van der Waals surface area contributed by atoms with Crippen molar-refractivity contribution in [2.24, 2.45) is 0 Å². The van der Waals surface area contributed by atoms with E-state index >= 15 is 0 Å². The molecule has 0 bridgehead atoms. The Kier molecular flexibility index (Phi) is 5.05. The first-order valence-electron chi connectivity index (χ1n) is 8.93. The molecular weight excluding hydrogens is 370 g/mol. The zero-order valence-electron chi connectivity index (χ0n) is 14.9. The molecule has 1 saturated heterocycles. The monoisotopic (exact) mass is 391 g/mol. The first kappa shape index (κ1) is 18.0. The number of halogens is 1. The fourth-order valence-corrected chi connectivity index (χ4v) is 5.22. The van der Waals surface area contributed by atoms with Crippen molar-refractivity contribution in [2.75, 3.05) is 32.7 Å². The van der Waals surface area contributed by atoms with Crippen molar-refractivity contribution in [3.8, 4) is 0 Å². The molecule has 1 aromatic carbocycles. The number of nitrogens with zero attached hydrogens (tertiary/aromatic N) is 5. The number of carbonyl (C=O) groups excluding carboxylic acids is 1. The van der Waals surface area contributed by atoms with E-state index in [2.05, 4.69) is 32.9 Å². The molecule has 138 valence electrons. The molecule has 3 heterocycles. The topological polar surface area (TPSA) is 54.3 Å². The SMILES string of the molecule is CCN1CCN(C(c2cccc(Cl)c2)C2Sc3nc(C)nn3C2=O)CC1. The summed E-state index contributed by atoms with van der Waals surface area (Å²) in [6, 6.07) is 7.84. The van der Waals surface area contributed by atoms with Crippen LogP contribution >= 0.6 is 23.4 Å². The number of aryl methyl sites for hydroxylation is 1. The molecule has 4 rings (SSSR count). The molecular formula is C18H22ClN5OS. The minimum atomic E-state index is -0.253. The van der Waals surface area contributed by atoms with Gasteiger partial charge in [-0.3, -0.25) is 9.69 Å². The number of piperazine rings is 1. The number of rotatable bonds is 4. The number of carbonyl (C=O) groups is 1. The van der Waals surface area contributed by atoms with Gasteiger partial charge in [0, 0.05) is 31.2 Å². The van der Waals surface area contributed by atoms with Crippen molar-refractivity contribution in [3.05, 3.63) is 40.7 Å². The maximum atomic E-state index is 13.0. The second-order valence-electron chi connectivity index (χ2n) is 6.70. The summed E-state index contributed by atoms with van der Waals surface area (Å²) in [5.74, 6) is 0.642. The van der Waals surface area contributed by atoms with E-state index in [4.69, 9.17) is 11.6 Å². The van der Waals surface area contributed by atoms with Crippen LogP contribution in [0.2, 0.25) is 5.02 Å². The lowest BCUT2D eigenvalue weighted by atomic mass is 10.00. The third kappa shape index (κ3) is 3.29. The predicted molar refractivity (Wildman–Crippen MR) is 103 cm³/mol. The van der Waals surface area contributed by atoms with Crippen molar-refractivity contribution in [2.45, 2.75) is 30.3 Å². The summed E-state index contributed by atoms with van der Waals surface area (Å²) < 4.78 is 1.46. The molecule has 0 aliphatic carbocycles. The standard InChI is InChI=1S/C18H22ClN5OS/c1-3-22-7-9-23(10-8-22)15(13-5-4-6-14(19)11-13)16-17(25)24-18(26-16)20-12(2)21-24/h4-6,11,15-16H,3,7-10H2,1-2H3. The summed E-state index contributed by atoms with van der Waals surface area (Å²) >= 11 is 7.77. The number of thioether (sulfide) groups is 1. The Hall–Kier alpha value is -1.41. The van der Waals surface area contributed by atoms with Gasteiger partial charge in [0.25, 0.3) is 5.91 Å². The average molecular weight is 392 g/mol. The summed E-state index contributed by atoms with van der Waals surface area (Å²) in [4.78, 5) is 22.3. The van der Waals surface area contributed by atoms with Crippen molar-refractivity contribution in [1.82, 2.24) is 24.6 Å². The maximum absolute atomic E-state index is 13.0. The molecule has 1 aromatic heterocycles. The van der Waals surface area contributed by atoms with E-state index in [9.17, 15) is 4.79 Å². The third-order valence-electron chi connectivity index (χ3n) is 5.09. The van der Waals surface area contributed by atoms with Gasteiger partial charge in [0.2, 0.25) is 0 Å². The van der Waals surface area contributed by atoms with Crippen LogP contribution in [0, 0.1) is 6.92 Å². The number of aromatic nitrogens is 3. The van der Waals surface area contributed by atoms with Crippen LogP contribution in [-0.4, -0.2) is 68.4 Å². The molecule has 2 aliphatic rings. The third-order valence-corrected chi connectivity index (χ3v) is 6.52. The van der Waals surface area contributed by atoms with E-state index in [0.29, 0.717) is 16.0 Å². The Morgan fingerprint density at radius 3 is 2.73 bits per heavy atom. The molecule has 1 fully saturated rings. The fraction of sp³-hybridized carbons (Fsp3) is 0.500. The molecule has 2 aliphatic heterocycles. The minimum Gasteiger partial charge on any atom is -0.301 e. The summed E-state index contributed by atoms with van der Waals surface area (Å²) in [7, 11) is 0. The first-order chi connectivity index (χ1) is 12.6. The molecule has 0 N–H and O–H groups in total. The summed E-state index contributed by atoms with van der Waals surface area (Å²) in [6.45, 7) is 8.96. The van der Waals surface area contributed by atoms with Gasteiger partial charge in [-0.25, -0.2) is 4.98 Å². The molecule has 2 aromatic rings. The minimum absolute atomic E-state index is 0.00787. The van der Waals surface area contributed by atoms with Crippen LogP contribution in [0.15, 0.2) is 29.4 Å². The van der Waals surface area contributed by atoms with Crippen LogP contribution < -0.4 is 0 Å². The molecule has 2 atom stereocenters. The number of hydrogen-bond donors (Lipinski definition) is 0. The van der Waals surface area contributed by atoms with Crippen LogP contribution in [-0.2, 0) is 0 Å². The lowest BCUT2D eigenvalue weighted by Crippen LogP contribution is -2.50. The second kappa shape index (κ2) is 7.31. The molecule has 8 heteroatoms. The first-order valence-corrected chi connectivity index (χ1v) is 10.2. The quantitative estimate of drug-likeness (QED) is 0.798. The molecule has 6 nitrogen and oxygen atoms in total. The number of hydrogen-bond acceptors (Lipinski definition) is 6. The number of fused-ring (bicyclic) bond motifs is 1. The van der Waals surface area contributed by atoms with E-state index < -0.39 is 0 Å². The molecule has 0 saturated carbocycles. The van der Waals surface area contributed by atoms with E-state index in [1.807, 2.05) is 25.1 Å². The zero-order valence-corrected chi connectivity index (χ0v) is 16.5. The highest BCUT2D eigenvalue weighted by Gasteiger charge is 2.43. The second-order valence-corrected chi connectivity index (χ2v) is 8.25. The molecule has 0 spiro atoms. The Morgan fingerprint density at radius 2 is 2.08 bits per heavy atom. The van der Waals surface area contributed by atoms with Gasteiger partial charge < -0.3 is 4.90 Å². The van der Waals surface area contributed by atoms with Gasteiger partial charge in [0.05, 0.1) is 6.04 Å². The van der Waals surface area contributed by atoms with Crippen LogP contribution in [0.4, 0.5) is 0 Å². The van der Waals surface area contributed by atoms with Crippen LogP contribution in [0.5, 0.6) is 0 Å². The van der Waals surface area contributed by atoms with Gasteiger partial charge in [-0.15, -0.1) is 5.10 Å². The van der Waals surface area contributed by atoms with E-state index in [0.717, 1.165) is 38.3 Å². The summed E-state index contributed by atoms with van der Waals surface area (Å²) in [5, 5.41) is 5.40. The Labute approximate surface area is 162 Å². The van der Waals surface area contributed by atoms with Crippen LogP contribution in [0.1, 0.15) is 29.1 Å². The molecule has 0 amide bonds. The lowest BCUT2D eigenvalue weighted by Gasteiger charge is -2.40. The van der Waals surface area contributed by atoms with Crippen molar-refractivity contribution >= 4 is 29.3 Å². The Bertz CT molecular complexity index is 818. The van der Waals surface area contributed by atoms with Gasteiger partial charge in [-0.2, -0.15) is 4.68 Å². The highest BCUT2D eigenvalue weighted by molar-refractivity contribution is 8.00. The number of benzene rings is 1. The van der Waals surface area contributed by atoms with Gasteiger partial charge in [-0.05, 0) is 31.2 Å². The van der Waals surface area contributed by atoms with Gasteiger partial charge >= 0.3 is 0 Å². The van der Waals surface area contributed by atoms with Crippen molar-refractivity contribution < 1.29 is 4.79 Å². The largest absolute Gasteiger partial charge is 0.301 e. The molecule has 2 unspecified atom stereocenters. The van der Waals surface area contributed by atoms with E-state index in [1.165, 1.54) is 16.4 Å². The summed E-state index contributed by atoms with van der Waals surface area (Å²) in [6.07, 6.45) is 0. The normalized spacial score (nSPS) is 22.6. The highest BCUT2D eigenvalue weighted by Crippen LogP contribution is 2.41. The smallest absolute Gasteiger partial charge is 0.264 e. The molecule has 0 radical (unpaired) electrons. The van der Waals surface area contributed by atoms with Crippen LogP contribution in [0.3, 0.4) is 0 Å². The van der Waals surface area contributed by atoms with Crippen molar-refractivity contribution in [1.29, 1.82) is 0 Å². The number of likely N-dealkylation sites (N-methyl/N-ethyl adjacent to an activating group) is 1. The van der Waals surface area contributed by atoms with E-state index in [1.54, 1.807) is 0 Å². The van der Waals surface area contributed by atoms with Gasteiger partial charge in [0.1, 0.15) is 11.1 Å². The fourth-order valence-electron chi connectivity index (χ4n) is 3.72. The Morgan fingerprint density at radius 1 is 1.31 bits per heavy atom. The van der Waals surface area contributed by atoms with Crippen molar-refractivity contribution in [3.63, 3.8) is 0 Å². The van der Waals surface area contributed by atoms with Crippen LogP contribution in [0.25, 0.3) is 0 Å². The van der Waals surface area contributed by atoms with E-state index in [-0.39, 0.29) is 17.2 Å². The average Bonchev–Trinajstić information content (AvgIpc) is 3.14. The predicted octanol–water partition coefficient (Wildman–Crippen LogP) is 2.73. The molecule has 26 heavy (non-hydrogen) atoms. The maximum Gasteiger partial charge on any atom is 0.264 e.